The summed E-state index contributed by atoms with van der Waals surface area (Å²) in [6.07, 6.45) is -5.07. The van der Waals surface area contributed by atoms with E-state index in [0.717, 1.165) is 0 Å². The van der Waals surface area contributed by atoms with E-state index >= 15 is 0 Å². The van der Waals surface area contributed by atoms with Gasteiger partial charge in [0.05, 0.1) is 60.6 Å². The van der Waals surface area contributed by atoms with E-state index in [1.165, 1.54) is 26.0 Å². The molecule has 1 aromatic heterocycles. The van der Waals surface area contributed by atoms with Gasteiger partial charge in [-0.3, -0.25) is 58.1 Å². The number of rotatable bonds is 29. The number of nitrogens with two attached hydrogens (primary N) is 4. The number of benzene rings is 2. The van der Waals surface area contributed by atoms with Crippen molar-refractivity contribution in [3.05, 3.63) is 58.1 Å². The van der Waals surface area contributed by atoms with Crippen LogP contribution in [0.2, 0.25) is 0 Å². The largest absolute Gasteiger partial charge is 0.393 e. The third-order valence-corrected chi connectivity index (χ3v) is 14.5. The number of nitrogens with one attached hydrogen (secondary N) is 9. The highest BCUT2D eigenvalue weighted by Crippen LogP contribution is 2.28. The number of fused-ring (bicyclic) bond motifs is 1. The second-order valence-corrected chi connectivity index (χ2v) is 22.2. The lowest BCUT2D eigenvalue weighted by Crippen LogP contribution is -2.60. The topological polar surface area (TPSA) is 524 Å². The molecule has 11 atom stereocenters. The Labute approximate surface area is 519 Å². The first-order valence-corrected chi connectivity index (χ1v) is 29.9. The lowest BCUT2D eigenvalue weighted by Gasteiger charge is -2.28. The van der Waals surface area contributed by atoms with Crippen LogP contribution in [0, 0.1) is 27.9 Å². The normalized spacial score (nSPS) is 21.8. The number of anilines is 1. The number of aliphatic hydroxyl groups excluding tert-OH is 2. The molecule has 2 aromatic carbocycles. The van der Waals surface area contributed by atoms with Gasteiger partial charge < -0.3 is 90.5 Å². The molecule has 0 bridgehead atoms. The number of carbonyl (C=O) groups excluding carboxylic acids is 10. The fraction of sp³-hybridized carbons (Fsp3) is 0.614. The van der Waals surface area contributed by atoms with E-state index in [-0.39, 0.29) is 114 Å². The van der Waals surface area contributed by atoms with Gasteiger partial charge in [-0.15, -0.1) is 0 Å². The molecule has 0 aliphatic carbocycles. The molecule has 1 aliphatic rings. The van der Waals surface area contributed by atoms with E-state index in [0.29, 0.717) is 11.3 Å². The first-order chi connectivity index (χ1) is 42.9. The Morgan fingerprint density at radius 3 is 1.92 bits per heavy atom. The van der Waals surface area contributed by atoms with Gasteiger partial charge >= 0.3 is 5.69 Å². The summed E-state index contributed by atoms with van der Waals surface area (Å²) in [7, 11) is 0. The molecule has 0 spiro atoms. The molecule has 4 rings (SSSR count). The lowest BCUT2D eigenvalue weighted by atomic mass is 9.88. The van der Waals surface area contributed by atoms with Gasteiger partial charge in [-0.1, -0.05) is 44.2 Å². The summed E-state index contributed by atoms with van der Waals surface area (Å²) in [5.74, 6) is -11.1. The first kappa shape index (κ1) is 74.3. The summed E-state index contributed by atoms with van der Waals surface area (Å²) in [5, 5.41) is 63.6. The minimum Gasteiger partial charge on any atom is -0.393 e. The SMILES string of the molecule is CC(C)C[C@@H]1CC(=O)[C@@H](Cc2ccccc2)NC(=O)[C@@H](CCN)NC(=O)C(NC(=O)[C@H](CCN)NC(=O)[C@@H](NC(=O)COCCOCCNc2ccc([N+](=O)[O-])c3nonc23)[C@@H](C)O)CCNC(=O)[C@@H]([C@H](C)O)CC(=O)[C@H](CCN)NC(=O)[C@H](CCN)NC1=O. The van der Waals surface area contributed by atoms with E-state index in [4.69, 9.17) is 32.4 Å². The molecule has 90 heavy (non-hydrogen) atoms. The first-order valence-electron chi connectivity index (χ1n) is 29.9. The molecule has 19 N–H and O–H groups in total. The van der Waals surface area contributed by atoms with Crippen molar-refractivity contribution in [1.82, 2.24) is 52.8 Å². The Morgan fingerprint density at radius 1 is 0.711 bits per heavy atom. The minimum absolute atomic E-state index is 0.00831. The molecular formula is C57H88N16O17. The van der Waals surface area contributed by atoms with Gasteiger partial charge in [0.15, 0.2) is 17.1 Å². The summed E-state index contributed by atoms with van der Waals surface area (Å²) >= 11 is 0. The van der Waals surface area contributed by atoms with E-state index in [2.05, 4.69) is 62.8 Å². The highest BCUT2D eigenvalue weighted by molar-refractivity contribution is 5.99. The van der Waals surface area contributed by atoms with Crippen molar-refractivity contribution in [1.29, 1.82) is 0 Å². The zero-order valence-electron chi connectivity index (χ0n) is 51.1. The zero-order valence-corrected chi connectivity index (χ0v) is 51.1. The summed E-state index contributed by atoms with van der Waals surface area (Å²) < 4.78 is 15.6. The summed E-state index contributed by atoms with van der Waals surface area (Å²) in [5.41, 5.74) is 24.5. The molecule has 498 valence electrons. The smallest absolute Gasteiger partial charge is 0.300 e. The van der Waals surface area contributed by atoms with Crippen molar-refractivity contribution >= 4 is 81.2 Å². The van der Waals surface area contributed by atoms with Crippen molar-refractivity contribution in [2.24, 2.45) is 40.7 Å². The highest BCUT2D eigenvalue weighted by Gasteiger charge is 2.37. The number of amides is 8. The van der Waals surface area contributed by atoms with Gasteiger partial charge in [0.1, 0.15) is 36.8 Å². The van der Waals surface area contributed by atoms with E-state index in [1.54, 1.807) is 30.3 Å². The number of nitro groups is 1. The molecule has 0 radical (unpaired) electrons. The second-order valence-electron chi connectivity index (χ2n) is 22.2. The Kier molecular flexibility index (Phi) is 31.7. The van der Waals surface area contributed by atoms with Crippen molar-refractivity contribution < 1.29 is 77.2 Å². The highest BCUT2D eigenvalue weighted by atomic mass is 16.6. The number of non-ortho nitro benzene ring substituents is 1. The molecule has 1 aliphatic heterocycles. The Balaban J connectivity index is 1.56. The molecule has 1 saturated heterocycles. The molecule has 8 amide bonds. The predicted octanol–water partition coefficient (Wildman–Crippen LogP) is -3.91. The van der Waals surface area contributed by atoms with Crippen LogP contribution in [0.25, 0.3) is 11.0 Å². The van der Waals surface area contributed by atoms with Crippen LogP contribution in [0.4, 0.5) is 11.4 Å². The molecule has 2 heterocycles. The Hall–Kier alpha value is -8.18. The molecule has 1 fully saturated rings. The maximum atomic E-state index is 14.5. The van der Waals surface area contributed by atoms with Crippen molar-refractivity contribution in [2.75, 3.05) is 71.0 Å². The minimum atomic E-state index is -1.67. The number of ketones is 2. The van der Waals surface area contributed by atoms with Crippen LogP contribution in [0.1, 0.15) is 84.6 Å². The summed E-state index contributed by atoms with van der Waals surface area (Å²) in [6, 6.07) is 1.10. The number of Topliss-reactive ketones (excluding diaryl/α,β-unsaturated/α-hetero) is 2. The van der Waals surface area contributed by atoms with Crippen LogP contribution in [-0.4, -0.2) is 204 Å². The van der Waals surface area contributed by atoms with Crippen LogP contribution in [0.3, 0.4) is 0 Å². The third-order valence-electron chi connectivity index (χ3n) is 14.5. The third kappa shape index (κ3) is 24.0. The lowest BCUT2D eigenvalue weighted by molar-refractivity contribution is -0.383. The number of ether oxygens (including phenoxy) is 2. The van der Waals surface area contributed by atoms with Crippen molar-refractivity contribution in [3.8, 4) is 0 Å². The second kappa shape index (κ2) is 38.4. The molecule has 33 nitrogen and oxygen atoms in total. The van der Waals surface area contributed by atoms with Crippen molar-refractivity contribution in [2.45, 2.75) is 140 Å². The number of nitrogens with zero attached hydrogens (tertiary/aromatic N) is 3. The molecule has 3 aromatic rings. The van der Waals surface area contributed by atoms with E-state index in [9.17, 15) is 68.3 Å². The van der Waals surface area contributed by atoms with Crippen molar-refractivity contribution in [3.63, 3.8) is 0 Å². The number of carbonyl (C=O) groups is 10. The predicted molar refractivity (Wildman–Crippen MR) is 324 cm³/mol. The molecule has 1 unspecified atom stereocenters. The van der Waals surface area contributed by atoms with Crippen LogP contribution in [0.15, 0.2) is 47.1 Å². The number of hydrogen-bond acceptors (Lipinski definition) is 24. The fourth-order valence-corrected chi connectivity index (χ4v) is 9.75. The standard InChI is InChI=1S/C57H88N16O17/c1-31(2)26-35-28-45(76)43(27-34-8-6-5-7-9-34)69-55(83)40(14-19-60)66-56(84)42(16-21-63-52(80)36(32(3)74)29-46(77)37(12-17-58)64-53(81)39(13-18-59)65-51(35)79)67-54(82)41(15-20-61)68-57(85)48(33(4)75)70-47(78)30-89-25-24-88-23-22-62-38-10-11-44(73(86)87)50-49(38)71-90-72-50/h5-11,31-33,35-37,39-43,48,62,74-75H,12-30,58-61H2,1-4H3,(H,63,80)(H,64,81)(H,65,79)(H,66,84)(H,67,82)(H,68,85)(H,69,83)(H,70,78)/t32-,33+,35+,36+,37-,39-,40+,41-,42?,43+,48-/m0/s1. The molecule has 0 saturated carbocycles. The van der Waals surface area contributed by atoms with Gasteiger partial charge in [-0.05, 0) is 113 Å². The Bertz CT molecular complexity index is 2880. The van der Waals surface area contributed by atoms with Crippen LogP contribution >= 0.6 is 0 Å². The van der Waals surface area contributed by atoms with Gasteiger partial charge in [0.2, 0.25) is 52.8 Å². The maximum absolute atomic E-state index is 14.5. The Morgan fingerprint density at radius 2 is 1.31 bits per heavy atom. The summed E-state index contributed by atoms with van der Waals surface area (Å²) in [4.78, 5) is 151. The number of aromatic nitrogens is 2. The molecular weight excluding hydrogens is 1180 g/mol. The zero-order chi connectivity index (χ0) is 66.5. The number of nitro benzene ring substituents is 1. The fourth-order valence-electron chi connectivity index (χ4n) is 9.75. The van der Waals surface area contributed by atoms with Gasteiger partial charge in [0.25, 0.3) is 0 Å². The monoisotopic (exact) mass is 1270 g/mol. The average Bonchev–Trinajstić information content (AvgIpc) is 1.78. The van der Waals surface area contributed by atoms with Crippen LogP contribution in [0.5, 0.6) is 0 Å². The maximum Gasteiger partial charge on any atom is 0.300 e. The van der Waals surface area contributed by atoms with Crippen LogP contribution in [-0.2, 0) is 63.8 Å². The van der Waals surface area contributed by atoms with Gasteiger partial charge in [0, 0.05) is 37.9 Å². The van der Waals surface area contributed by atoms with Gasteiger partial charge in [-0.25, -0.2) is 4.63 Å². The number of aliphatic hydroxyl groups is 2. The number of hydrogen-bond donors (Lipinski definition) is 15. The average molecular weight is 1270 g/mol. The quantitative estimate of drug-likeness (QED) is 0.0179. The molecule has 33 heteroatoms. The van der Waals surface area contributed by atoms with E-state index in [1.807, 2.05) is 13.8 Å². The summed E-state index contributed by atoms with van der Waals surface area (Å²) in [6.45, 7) is 4.76. The van der Waals surface area contributed by atoms with Crippen LogP contribution < -0.4 is 70.8 Å². The van der Waals surface area contributed by atoms with Gasteiger partial charge in [-0.2, -0.15) is 0 Å². The van der Waals surface area contributed by atoms with E-state index < -0.39 is 162 Å².